The monoisotopic (exact) mass is 412 g/mol. The molecule has 6 nitrogen and oxygen atoms in total. The maximum Gasteiger partial charge on any atom is 0.254 e. The second-order valence-corrected chi connectivity index (χ2v) is 10.4. The quantitative estimate of drug-likeness (QED) is 0.798. The smallest absolute Gasteiger partial charge is 0.254 e. The van der Waals surface area contributed by atoms with Gasteiger partial charge in [-0.3, -0.25) is 9.59 Å². The van der Waals surface area contributed by atoms with Crippen molar-refractivity contribution in [3.05, 3.63) is 23.8 Å². The van der Waals surface area contributed by atoms with Crippen LogP contribution in [0.2, 0.25) is 0 Å². The van der Waals surface area contributed by atoms with Crippen LogP contribution in [-0.4, -0.2) is 58.0 Å². The van der Waals surface area contributed by atoms with Gasteiger partial charge in [-0.1, -0.05) is 0 Å². The molecule has 6 heteroatoms. The van der Waals surface area contributed by atoms with Crippen molar-refractivity contribution in [1.82, 2.24) is 9.80 Å². The fraction of sp³-hybridized carbons (Fsp3) is 0.667. The van der Waals surface area contributed by atoms with E-state index >= 15 is 0 Å². The molecule has 162 valence electrons. The molecule has 6 rings (SSSR count). The summed E-state index contributed by atoms with van der Waals surface area (Å²) >= 11 is 0. The van der Waals surface area contributed by atoms with Gasteiger partial charge in [0.05, 0.1) is 0 Å². The zero-order valence-corrected chi connectivity index (χ0v) is 17.6. The van der Waals surface area contributed by atoms with Crippen LogP contribution in [0.4, 0.5) is 0 Å². The van der Waals surface area contributed by atoms with Crippen LogP contribution in [0.15, 0.2) is 18.2 Å². The van der Waals surface area contributed by atoms with E-state index in [1.807, 2.05) is 4.90 Å². The topological polar surface area (TPSA) is 81.1 Å². The Hall–Kier alpha value is -2.24. The molecule has 5 fully saturated rings. The molecule has 0 radical (unpaired) electrons. The van der Waals surface area contributed by atoms with Crippen molar-refractivity contribution in [3.8, 4) is 11.5 Å². The van der Waals surface area contributed by atoms with Crippen LogP contribution in [0.1, 0.15) is 61.7 Å². The van der Waals surface area contributed by atoms with E-state index < -0.39 is 0 Å². The molecular formula is C24H32N2O4. The van der Waals surface area contributed by atoms with E-state index in [1.54, 1.807) is 4.90 Å². The van der Waals surface area contributed by atoms with Crippen LogP contribution in [0.5, 0.6) is 11.5 Å². The van der Waals surface area contributed by atoms with Crippen molar-refractivity contribution in [2.75, 3.05) is 26.2 Å². The van der Waals surface area contributed by atoms with E-state index in [0.29, 0.717) is 32.6 Å². The highest BCUT2D eigenvalue weighted by atomic mass is 16.3. The Morgan fingerprint density at radius 3 is 1.97 bits per heavy atom. The average Bonchev–Trinajstić information content (AvgIpc) is 2.91. The number of aromatic hydroxyl groups is 2. The standard InChI is InChI=1S/C24H32N2O4/c27-20-9-19(10-21(28)11-20)23(30)26-3-1-2-25(4-5-26)22(29)15-24-12-16-6-17(13-24)8-18(7-16)14-24/h9-11,16-18,27-28H,1-8,12-15H2. The fourth-order valence-corrected chi connectivity index (χ4v) is 7.21. The van der Waals surface area contributed by atoms with Crippen LogP contribution >= 0.6 is 0 Å². The number of benzene rings is 1. The van der Waals surface area contributed by atoms with Crippen LogP contribution in [-0.2, 0) is 4.79 Å². The molecule has 5 aliphatic rings. The van der Waals surface area contributed by atoms with Crippen molar-refractivity contribution in [2.45, 2.75) is 51.4 Å². The number of rotatable bonds is 3. The third kappa shape index (κ3) is 3.77. The first-order chi connectivity index (χ1) is 14.4. The molecule has 0 spiro atoms. The molecule has 4 bridgehead atoms. The summed E-state index contributed by atoms with van der Waals surface area (Å²) in [7, 11) is 0. The summed E-state index contributed by atoms with van der Waals surface area (Å²) < 4.78 is 0. The van der Waals surface area contributed by atoms with Crippen molar-refractivity contribution in [2.24, 2.45) is 23.2 Å². The summed E-state index contributed by atoms with van der Waals surface area (Å²) in [4.78, 5) is 29.8. The van der Waals surface area contributed by atoms with Crippen LogP contribution in [0, 0.1) is 23.2 Å². The molecule has 4 saturated carbocycles. The highest BCUT2D eigenvalue weighted by molar-refractivity contribution is 5.95. The van der Waals surface area contributed by atoms with Crippen molar-refractivity contribution in [3.63, 3.8) is 0 Å². The second-order valence-electron chi connectivity index (χ2n) is 10.4. The van der Waals surface area contributed by atoms with E-state index in [0.717, 1.165) is 24.2 Å². The minimum atomic E-state index is -0.211. The van der Waals surface area contributed by atoms with Crippen molar-refractivity contribution >= 4 is 11.8 Å². The molecule has 1 saturated heterocycles. The highest BCUT2D eigenvalue weighted by Gasteiger charge is 2.51. The van der Waals surface area contributed by atoms with Gasteiger partial charge in [0.2, 0.25) is 5.91 Å². The van der Waals surface area contributed by atoms with Crippen molar-refractivity contribution < 1.29 is 19.8 Å². The lowest BCUT2D eigenvalue weighted by atomic mass is 9.49. The summed E-state index contributed by atoms with van der Waals surface area (Å²) in [6.07, 6.45) is 9.32. The maximum atomic E-state index is 13.2. The zero-order chi connectivity index (χ0) is 20.9. The molecule has 0 aromatic heterocycles. The SMILES string of the molecule is O=C(CC12CC3CC(CC(C3)C1)C2)N1CCCN(C(=O)c2cc(O)cc(O)c2)CC1. The summed E-state index contributed by atoms with van der Waals surface area (Å²) in [5.41, 5.74) is 0.521. The number of carbonyl (C=O) groups excluding carboxylic acids is 2. The third-order valence-electron chi connectivity index (χ3n) is 7.98. The first kappa shape index (κ1) is 19.7. The van der Waals surface area contributed by atoms with E-state index in [1.165, 1.54) is 56.7 Å². The maximum absolute atomic E-state index is 13.2. The van der Waals surface area contributed by atoms with E-state index in [9.17, 15) is 19.8 Å². The van der Waals surface area contributed by atoms with Gasteiger partial charge >= 0.3 is 0 Å². The highest BCUT2D eigenvalue weighted by Crippen LogP contribution is 2.61. The largest absolute Gasteiger partial charge is 0.508 e. The van der Waals surface area contributed by atoms with Gasteiger partial charge in [0.25, 0.3) is 5.91 Å². The Bertz CT molecular complexity index is 796. The molecule has 1 aromatic carbocycles. The second kappa shape index (κ2) is 7.47. The van der Waals surface area contributed by atoms with Gasteiger partial charge in [-0.05, 0) is 80.2 Å². The molecule has 1 aromatic rings. The Kier molecular flexibility index (Phi) is 4.91. The van der Waals surface area contributed by atoms with Gasteiger partial charge in [-0.25, -0.2) is 0 Å². The zero-order valence-electron chi connectivity index (χ0n) is 17.6. The molecule has 1 aliphatic heterocycles. The number of phenolic OH excluding ortho intramolecular Hbond substituents is 2. The molecule has 0 atom stereocenters. The first-order valence-corrected chi connectivity index (χ1v) is 11.5. The third-order valence-corrected chi connectivity index (χ3v) is 7.98. The lowest BCUT2D eigenvalue weighted by Gasteiger charge is -2.57. The van der Waals surface area contributed by atoms with Gasteiger partial charge in [-0.15, -0.1) is 0 Å². The number of phenols is 2. The molecule has 30 heavy (non-hydrogen) atoms. The normalized spacial score (nSPS) is 32.9. The Labute approximate surface area is 177 Å². The number of carbonyl (C=O) groups is 2. The number of hydrogen-bond donors (Lipinski definition) is 2. The minimum Gasteiger partial charge on any atom is -0.508 e. The summed E-state index contributed by atoms with van der Waals surface area (Å²) in [6.45, 7) is 2.32. The number of hydrogen-bond acceptors (Lipinski definition) is 4. The predicted molar refractivity (Wildman–Crippen MR) is 112 cm³/mol. The molecule has 0 unspecified atom stereocenters. The van der Waals surface area contributed by atoms with Gasteiger partial charge < -0.3 is 20.0 Å². The first-order valence-electron chi connectivity index (χ1n) is 11.5. The number of nitrogens with zero attached hydrogens (tertiary/aromatic N) is 2. The van der Waals surface area contributed by atoms with Gasteiger partial charge in [0.15, 0.2) is 0 Å². The Morgan fingerprint density at radius 1 is 0.833 bits per heavy atom. The summed E-state index contributed by atoms with van der Waals surface area (Å²) in [6, 6.07) is 3.97. The lowest BCUT2D eigenvalue weighted by Crippen LogP contribution is -2.48. The van der Waals surface area contributed by atoms with E-state index in [4.69, 9.17) is 0 Å². The molecule has 1 heterocycles. The van der Waals surface area contributed by atoms with Gasteiger partial charge in [0, 0.05) is 44.2 Å². The molecule has 2 amide bonds. The Morgan fingerprint density at radius 2 is 1.37 bits per heavy atom. The van der Waals surface area contributed by atoms with Crippen LogP contribution in [0.25, 0.3) is 0 Å². The van der Waals surface area contributed by atoms with Gasteiger partial charge in [-0.2, -0.15) is 0 Å². The van der Waals surface area contributed by atoms with Crippen molar-refractivity contribution in [1.29, 1.82) is 0 Å². The number of amides is 2. The molecule has 4 aliphatic carbocycles. The van der Waals surface area contributed by atoms with E-state index in [-0.39, 0.29) is 34.3 Å². The van der Waals surface area contributed by atoms with E-state index in [2.05, 4.69) is 0 Å². The molecular weight excluding hydrogens is 380 g/mol. The predicted octanol–water partition coefficient (Wildman–Crippen LogP) is 3.38. The summed E-state index contributed by atoms with van der Waals surface area (Å²) in [5, 5.41) is 19.4. The fourth-order valence-electron chi connectivity index (χ4n) is 7.21. The minimum absolute atomic E-state index is 0.124. The van der Waals surface area contributed by atoms with Crippen LogP contribution in [0.3, 0.4) is 0 Å². The molecule has 2 N–H and O–H groups in total. The summed E-state index contributed by atoms with van der Waals surface area (Å²) in [5.74, 6) is 2.35. The van der Waals surface area contributed by atoms with Crippen LogP contribution < -0.4 is 0 Å². The lowest BCUT2D eigenvalue weighted by molar-refractivity contribution is -0.139. The Balaban J connectivity index is 1.21. The van der Waals surface area contributed by atoms with Gasteiger partial charge in [0.1, 0.15) is 11.5 Å². The average molecular weight is 413 g/mol.